The van der Waals surface area contributed by atoms with Gasteiger partial charge in [0.25, 0.3) is 0 Å². The number of piperidine rings is 1. The van der Waals surface area contributed by atoms with Crippen LogP contribution in [0.1, 0.15) is 97.1 Å². The molecule has 2 aromatic carbocycles. The molecule has 1 saturated carbocycles. The van der Waals surface area contributed by atoms with E-state index in [2.05, 4.69) is 40.0 Å². The highest BCUT2D eigenvalue weighted by Gasteiger charge is 2.46. The highest BCUT2D eigenvalue weighted by Crippen LogP contribution is 2.36. The summed E-state index contributed by atoms with van der Waals surface area (Å²) in [5.41, 5.74) is 1.77. The van der Waals surface area contributed by atoms with Crippen LogP contribution in [0.25, 0.3) is 11.5 Å². The standard InChI is InChI=1S/C47H67N7O7/c1-9-29(4)41(53(6)47(58)39(28(2)3)50-44(57)40-33-22-23-34(26-33)48-40)37(59-7)27-38(55)54-24-16-21-36(54)42(60-8)30(5)43(56)49-35(25-31-17-12-10-13-18-31)46-52-51-45(61-46)32-19-14-11-15-20-32/h10-15,17-20,28-30,33-37,39-42,48H,9,16,21-27H2,1-8H3,(H,49,56)(H,50,57)/t29-,30+,33-,34+,35-,36-,37-,39-,40-,41-,42+/m0/s1. The number of carbonyl (C=O) groups excluding carboxylic acids is 4. The van der Waals surface area contributed by atoms with Crippen LogP contribution < -0.4 is 16.0 Å². The number of ether oxygens (including phenoxy) is 2. The van der Waals surface area contributed by atoms with E-state index >= 15 is 0 Å². The maximum atomic E-state index is 14.4. The number of carbonyl (C=O) groups is 4. The van der Waals surface area contributed by atoms with Crippen LogP contribution in [0.3, 0.4) is 0 Å². The van der Waals surface area contributed by atoms with Crippen LogP contribution in [-0.4, -0.2) is 114 Å². The Kier molecular flexibility index (Phi) is 15.7. The number of amides is 4. The van der Waals surface area contributed by atoms with Gasteiger partial charge in [-0.1, -0.05) is 89.6 Å². The van der Waals surface area contributed by atoms with Gasteiger partial charge in [0.05, 0.1) is 42.7 Å². The van der Waals surface area contributed by atoms with Crippen molar-refractivity contribution >= 4 is 23.6 Å². The lowest BCUT2D eigenvalue weighted by Gasteiger charge is -2.41. The number of likely N-dealkylation sites (tertiary alicyclic amines) is 1. The minimum atomic E-state index is -0.728. The quantitative estimate of drug-likeness (QED) is 0.135. The van der Waals surface area contributed by atoms with Gasteiger partial charge in [-0.05, 0) is 67.6 Å². The van der Waals surface area contributed by atoms with Crippen molar-refractivity contribution < 1.29 is 33.1 Å². The molecule has 3 aliphatic rings. The Hall–Kier alpha value is -4.66. The average Bonchev–Trinajstić information content (AvgIpc) is 4.12. The molecular weight excluding hydrogens is 775 g/mol. The van der Waals surface area contributed by atoms with Crippen LogP contribution in [-0.2, 0) is 35.1 Å². The highest BCUT2D eigenvalue weighted by molar-refractivity contribution is 5.90. The van der Waals surface area contributed by atoms with Crippen LogP contribution in [0.4, 0.5) is 0 Å². The van der Waals surface area contributed by atoms with E-state index in [0.717, 1.165) is 43.2 Å². The summed E-state index contributed by atoms with van der Waals surface area (Å²) in [4.78, 5) is 60.0. The van der Waals surface area contributed by atoms with E-state index in [-0.39, 0.29) is 54.0 Å². The Balaban J connectivity index is 1.14. The Morgan fingerprint density at radius 2 is 1.64 bits per heavy atom. The lowest BCUT2D eigenvalue weighted by atomic mass is 9.89. The van der Waals surface area contributed by atoms with Gasteiger partial charge >= 0.3 is 0 Å². The number of nitrogens with one attached hydrogen (secondary N) is 3. The number of hydrogen-bond acceptors (Lipinski definition) is 10. The van der Waals surface area contributed by atoms with E-state index in [0.29, 0.717) is 43.1 Å². The topological polar surface area (TPSA) is 168 Å². The van der Waals surface area contributed by atoms with Gasteiger partial charge in [0.1, 0.15) is 12.1 Å². The zero-order valence-corrected chi connectivity index (χ0v) is 37.2. The molecule has 1 aromatic heterocycles. The van der Waals surface area contributed by atoms with Crippen LogP contribution >= 0.6 is 0 Å². The maximum Gasteiger partial charge on any atom is 0.247 e. The van der Waals surface area contributed by atoms with Gasteiger partial charge in [-0.25, -0.2) is 0 Å². The largest absolute Gasteiger partial charge is 0.418 e. The summed E-state index contributed by atoms with van der Waals surface area (Å²) >= 11 is 0. The second-order valence-corrected chi connectivity index (χ2v) is 17.8. The predicted octanol–water partition coefficient (Wildman–Crippen LogP) is 5.34. The van der Waals surface area contributed by atoms with Gasteiger partial charge in [-0.2, -0.15) is 0 Å². The van der Waals surface area contributed by atoms with Crippen LogP contribution in [0.5, 0.6) is 0 Å². The molecule has 11 atom stereocenters. The van der Waals surface area contributed by atoms with Gasteiger partial charge in [-0.15, -0.1) is 10.2 Å². The lowest BCUT2D eigenvalue weighted by Crippen LogP contribution is -2.59. The molecule has 14 nitrogen and oxygen atoms in total. The number of fused-ring (bicyclic) bond motifs is 2. The number of nitrogens with zero attached hydrogens (tertiary/aromatic N) is 4. The Bertz CT molecular complexity index is 1910. The van der Waals surface area contributed by atoms with Gasteiger partial charge in [-0.3, -0.25) is 19.2 Å². The first-order chi connectivity index (χ1) is 29.3. The first-order valence-electron chi connectivity index (χ1n) is 22.3. The van der Waals surface area contributed by atoms with E-state index in [1.54, 1.807) is 26.2 Å². The predicted molar refractivity (Wildman–Crippen MR) is 232 cm³/mol. The van der Waals surface area contributed by atoms with Crippen LogP contribution in [0.15, 0.2) is 65.1 Å². The summed E-state index contributed by atoms with van der Waals surface area (Å²) in [6, 6.07) is 17.2. The van der Waals surface area contributed by atoms with Crippen molar-refractivity contribution in [2.75, 3.05) is 27.8 Å². The maximum absolute atomic E-state index is 14.4. The summed E-state index contributed by atoms with van der Waals surface area (Å²) in [6.45, 7) is 10.3. The number of aromatic nitrogens is 2. The smallest absolute Gasteiger partial charge is 0.247 e. The molecule has 0 radical (unpaired) electrons. The summed E-state index contributed by atoms with van der Waals surface area (Å²) in [5.74, 6) is -0.580. The van der Waals surface area contributed by atoms with Gasteiger partial charge in [0, 0.05) is 45.8 Å². The molecule has 2 aliphatic heterocycles. The molecule has 1 aliphatic carbocycles. The molecule has 3 aromatic rings. The van der Waals surface area contributed by atoms with Crippen molar-refractivity contribution in [2.24, 2.45) is 23.7 Å². The summed E-state index contributed by atoms with van der Waals surface area (Å²) in [5, 5.41) is 18.4. The molecule has 3 heterocycles. The van der Waals surface area contributed by atoms with Gasteiger partial charge < -0.3 is 39.6 Å². The molecule has 0 spiro atoms. The van der Waals surface area contributed by atoms with E-state index in [1.807, 2.05) is 86.3 Å². The molecule has 0 unspecified atom stereocenters. The van der Waals surface area contributed by atoms with Crippen molar-refractivity contribution in [3.8, 4) is 11.5 Å². The fourth-order valence-corrected chi connectivity index (χ4v) is 9.86. The van der Waals surface area contributed by atoms with Gasteiger partial charge in [0.2, 0.25) is 35.4 Å². The molecule has 2 bridgehead atoms. The Morgan fingerprint density at radius 1 is 0.934 bits per heavy atom. The molecule has 4 amide bonds. The van der Waals surface area contributed by atoms with E-state index in [1.165, 1.54) is 0 Å². The number of rotatable bonds is 20. The van der Waals surface area contributed by atoms with Gasteiger partial charge in [0.15, 0.2) is 0 Å². The third-order valence-electron chi connectivity index (χ3n) is 13.5. The normalized spacial score (nSPS) is 23.2. The molecule has 3 N–H and O–H groups in total. The summed E-state index contributed by atoms with van der Waals surface area (Å²) in [6.07, 6.45) is 4.51. The second kappa shape index (κ2) is 20.9. The molecule has 332 valence electrons. The van der Waals surface area contributed by atoms with E-state index in [4.69, 9.17) is 13.9 Å². The Labute approximate surface area is 361 Å². The zero-order chi connectivity index (χ0) is 43.8. The third-order valence-corrected chi connectivity index (χ3v) is 13.5. The number of benzene rings is 2. The molecule has 3 fully saturated rings. The van der Waals surface area contributed by atoms with Crippen molar-refractivity contribution in [2.45, 2.75) is 134 Å². The number of hydrogen-bond donors (Lipinski definition) is 3. The fourth-order valence-electron chi connectivity index (χ4n) is 9.86. The molecule has 2 saturated heterocycles. The van der Waals surface area contributed by atoms with Crippen molar-refractivity contribution in [3.63, 3.8) is 0 Å². The second-order valence-electron chi connectivity index (χ2n) is 17.8. The lowest BCUT2D eigenvalue weighted by molar-refractivity contribution is -0.147. The monoisotopic (exact) mass is 842 g/mol. The van der Waals surface area contributed by atoms with Crippen LogP contribution in [0.2, 0.25) is 0 Å². The molecule has 61 heavy (non-hydrogen) atoms. The third kappa shape index (κ3) is 10.7. The molecular formula is C47H67N7O7. The fraction of sp³-hybridized carbons (Fsp3) is 0.617. The first-order valence-corrected chi connectivity index (χ1v) is 22.3. The Morgan fingerprint density at radius 3 is 2.25 bits per heavy atom. The van der Waals surface area contributed by atoms with E-state index in [9.17, 15) is 19.2 Å². The minimum absolute atomic E-state index is 0.0151. The zero-order valence-electron chi connectivity index (χ0n) is 37.2. The van der Waals surface area contributed by atoms with Crippen molar-refractivity contribution in [1.82, 2.24) is 35.9 Å². The number of likely N-dealkylation sites (N-methyl/N-ethyl adjacent to an activating group) is 1. The summed E-state index contributed by atoms with van der Waals surface area (Å²) < 4.78 is 18.3. The molecule has 6 rings (SSSR count). The number of methoxy groups -OCH3 is 2. The SMILES string of the molecule is CC[C@H](C)[C@@H]([C@H](CC(=O)N1CCC[C@H]1[C@H](OC)[C@@H](C)C(=O)N[C@@H](Cc1ccccc1)c1nnc(-c2ccccc2)o1)OC)N(C)C(=O)[C@@H](NC(=O)[C@H]1N[C@@H]2CC[C@H]1C2)C(C)C. The van der Waals surface area contributed by atoms with Crippen molar-refractivity contribution in [1.29, 1.82) is 0 Å². The summed E-state index contributed by atoms with van der Waals surface area (Å²) in [7, 11) is 4.92. The highest BCUT2D eigenvalue weighted by atomic mass is 16.5. The molecule has 14 heteroatoms. The van der Waals surface area contributed by atoms with Crippen LogP contribution in [0, 0.1) is 23.7 Å². The minimum Gasteiger partial charge on any atom is -0.418 e. The van der Waals surface area contributed by atoms with Crippen molar-refractivity contribution in [3.05, 3.63) is 72.1 Å². The average molecular weight is 842 g/mol. The van der Waals surface area contributed by atoms with E-state index < -0.39 is 36.3 Å². The first kappa shape index (κ1) is 45.9.